The van der Waals surface area contributed by atoms with Gasteiger partial charge in [0, 0.05) is 0 Å². The van der Waals surface area contributed by atoms with E-state index >= 15 is 0 Å². The molecule has 3 rings (SSSR count). The molecule has 1 N–H and O–H groups in total. The number of fused-ring (bicyclic) bond motifs is 1. The fourth-order valence-corrected chi connectivity index (χ4v) is 5.02. The van der Waals surface area contributed by atoms with Crippen molar-refractivity contribution in [3.05, 3.63) is 45.8 Å². The molecule has 1 aliphatic carbocycles. The predicted octanol–water partition coefficient (Wildman–Crippen LogP) is 2.04. The number of carbonyl (C=O) groups is 1. The van der Waals surface area contributed by atoms with Crippen LogP contribution in [0.2, 0.25) is 0 Å². The zero-order valence-corrected chi connectivity index (χ0v) is 13.5. The van der Waals surface area contributed by atoms with E-state index in [0.717, 1.165) is 16.9 Å². The number of benzene rings is 1. The number of amides is 1. The number of aryl methyl sites for hydroxylation is 2. The minimum absolute atomic E-state index is 0.0390. The third kappa shape index (κ3) is 2.52. The van der Waals surface area contributed by atoms with Crippen LogP contribution in [0.3, 0.4) is 0 Å². The molecule has 0 radical (unpaired) electrons. The Hall–Kier alpha value is -1.80. The smallest absolute Gasteiger partial charge is 0.273 e. The number of carbonyl (C=O) groups excluding carboxylic acids is 1. The number of sulfonamides is 1. The van der Waals surface area contributed by atoms with Crippen LogP contribution in [0.1, 0.15) is 27.7 Å². The van der Waals surface area contributed by atoms with Crippen molar-refractivity contribution in [3.63, 3.8) is 0 Å². The Kier molecular flexibility index (Phi) is 3.53. The van der Waals surface area contributed by atoms with Gasteiger partial charge in [-0.25, -0.2) is 22.5 Å². The monoisotopic (exact) mass is 340 g/mol. The maximum Gasteiger partial charge on any atom is 0.275 e. The van der Waals surface area contributed by atoms with Gasteiger partial charge >= 0.3 is 0 Å². The maximum absolute atomic E-state index is 13.2. The van der Waals surface area contributed by atoms with E-state index in [1.54, 1.807) is 19.9 Å². The number of nitrogens with one attached hydrogen (secondary N) is 1. The van der Waals surface area contributed by atoms with Crippen molar-refractivity contribution in [3.8, 4) is 0 Å². The van der Waals surface area contributed by atoms with Gasteiger partial charge in [0.1, 0.15) is 5.82 Å². The molecule has 0 aliphatic heterocycles. The van der Waals surface area contributed by atoms with E-state index in [-0.39, 0.29) is 4.21 Å². The minimum atomic E-state index is -3.94. The first-order valence-electron chi connectivity index (χ1n) is 6.57. The summed E-state index contributed by atoms with van der Waals surface area (Å²) in [5.74, 6) is -1.70. The average molecular weight is 340 g/mol. The molecule has 1 atom stereocenters. The first-order chi connectivity index (χ1) is 10.3. The van der Waals surface area contributed by atoms with E-state index in [2.05, 4.69) is 9.71 Å². The highest BCUT2D eigenvalue weighted by atomic mass is 32.2. The first kappa shape index (κ1) is 15.1. The quantitative estimate of drug-likeness (QED) is 0.928. The second-order valence-electron chi connectivity index (χ2n) is 5.18. The number of halogens is 1. The normalized spacial score (nSPS) is 16.8. The van der Waals surface area contributed by atoms with Gasteiger partial charge in [0.25, 0.3) is 10.0 Å². The number of rotatable bonds is 3. The van der Waals surface area contributed by atoms with Crippen LogP contribution in [0.25, 0.3) is 0 Å². The third-order valence-electron chi connectivity index (χ3n) is 3.56. The molecule has 8 heteroatoms. The van der Waals surface area contributed by atoms with Crippen molar-refractivity contribution < 1.29 is 17.6 Å². The van der Waals surface area contributed by atoms with Gasteiger partial charge in [0.2, 0.25) is 5.91 Å². The lowest BCUT2D eigenvalue weighted by molar-refractivity contribution is -0.121. The number of hydrogen-bond acceptors (Lipinski definition) is 5. The van der Waals surface area contributed by atoms with Gasteiger partial charge in [-0.15, -0.1) is 11.3 Å². The first-order valence-corrected chi connectivity index (χ1v) is 8.87. The molecule has 0 saturated carbocycles. The summed E-state index contributed by atoms with van der Waals surface area (Å²) >= 11 is 1.01. The number of aromatic nitrogens is 1. The van der Waals surface area contributed by atoms with Crippen LogP contribution >= 0.6 is 11.3 Å². The Labute approximate surface area is 131 Å². The van der Waals surface area contributed by atoms with Crippen molar-refractivity contribution in [2.24, 2.45) is 0 Å². The van der Waals surface area contributed by atoms with Gasteiger partial charge in [-0.3, -0.25) is 4.79 Å². The van der Waals surface area contributed by atoms with Crippen molar-refractivity contribution >= 4 is 27.3 Å². The summed E-state index contributed by atoms with van der Waals surface area (Å²) in [6.45, 7) is 3.28. The van der Waals surface area contributed by atoms with Gasteiger partial charge in [-0.05, 0) is 43.5 Å². The summed E-state index contributed by atoms with van der Waals surface area (Å²) in [7, 11) is -3.94. The molecular weight excluding hydrogens is 327 g/mol. The van der Waals surface area contributed by atoms with E-state index in [1.807, 2.05) is 0 Å². The van der Waals surface area contributed by atoms with Crippen molar-refractivity contribution in [1.29, 1.82) is 0 Å². The van der Waals surface area contributed by atoms with E-state index in [1.165, 1.54) is 12.1 Å². The molecule has 1 aliphatic rings. The van der Waals surface area contributed by atoms with Crippen LogP contribution < -0.4 is 4.72 Å². The van der Waals surface area contributed by atoms with Gasteiger partial charge in [0.15, 0.2) is 4.21 Å². The highest BCUT2D eigenvalue weighted by molar-refractivity contribution is 7.92. The molecule has 116 valence electrons. The summed E-state index contributed by atoms with van der Waals surface area (Å²) in [6, 6.07) is 4.21. The molecule has 0 spiro atoms. The third-order valence-corrected chi connectivity index (χ3v) is 6.59. The van der Waals surface area contributed by atoms with E-state index in [0.29, 0.717) is 22.7 Å². The molecule has 0 fully saturated rings. The second kappa shape index (κ2) is 5.13. The molecule has 1 aromatic heterocycles. The maximum atomic E-state index is 13.2. The van der Waals surface area contributed by atoms with Crippen molar-refractivity contribution in [1.82, 2.24) is 9.71 Å². The number of nitrogens with zero attached hydrogens (tertiary/aromatic N) is 1. The minimum Gasteiger partial charge on any atom is -0.273 e. The number of thiazole rings is 1. The summed E-state index contributed by atoms with van der Waals surface area (Å²) in [4.78, 5) is 16.2. The summed E-state index contributed by atoms with van der Waals surface area (Å²) in [6.07, 6.45) is 0.414. The Morgan fingerprint density at radius 3 is 2.77 bits per heavy atom. The van der Waals surface area contributed by atoms with Gasteiger partial charge in [-0.2, -0.15) is 0 Å². The standard InChI is InChI=1S/C14H13FN2O3S2/c1-7-14(21-8(2)16-7)22(19,20)17-13(18)12-5-9-3-4-10(15)6-11(9)12/h3-4,6,12H,5H2,1-2H3,(H,17,18). The van der Waals surface area contributed by atoms with E-state index < -0.39 is 27.7 Å². The van der Waals surface area contributed by atoms with Gasteiger partial charge in [-0.1, -0.05) is 6.07 Å². The summed E-state index contributed by atoms with van der Waals surface area (Å²) < 4.78 is 39.9. The fraction of sp³-hybridized carbons (Fsp3) is 0.286. The summed E-state index contributed by atoms with van der Waals surface area (Å²) in [5, 5.41) is 0.612. The van der Waals surface area contributed by atoms with Crippen LogP contribution in [-0.2, 0) is 21.2 Å². The molecule has 0 saturated heterocycles. The van der Waals surface area contributed by atoms with E-state index in [9.17, 15) is 17.6 Å². The van der Waals surface area contributed by atoms with Crippen LogP contribution in [0, 0.1) is 19.7 Å². The Balaban J connectivity index is 1.82. The van der Waals surface area contributed by atoms with E-state index in [4.69, 9.17) is 0 Å². The fourth-order valence-electron chi connectivity index (χ4n) is 2.52. The van der Waals surface area contributed by atoms with Gasteiger partial charge < -0.3 is 0 Å². The highest BCUT2D eigenvalue weighted by Crippen LogP contribution is 2.36. The Morgan fingerprint density at radius 1 is 1.41 bits per heavy atom. The zero-order valence-electron chi connectivity index (χ0n) is 11.9. The van der Waals surface area contributed by atoms with Gasteiger partial charge in [0.05, 0.1) is 16.6 Å². The average Bonchev–Trinajstić information content (AvgIpc) is 2.73. The highest BCUT2D eigenvalue weighted by Gasteiger charge is 2.35. The molecule has 2 aromatic rings. The topological polar surface area (TPSA) is 76.1 Å². The molecule has 1 heterocycles. The lowest BCUT2D eigenvalue weighted by atomic mass is 9.77. The Morgan fingerprint density at radius 2 is 2.14 bits per heavy atom. The molecular formula is C14H13FN2O3S2. The summed E-state index contributed by atoms with van der Waals surface area (Å²) in [5.41, 5.74) is 1.77. The SMILES string of the molecule is Cc1nc(C)c(S(=O)(=O)NC(=O)C2Cc3ccc(F)cc32)s1. The predicted molar refractivity (Wildman–Crippen MR) is 79.8 cm³/mol. The molecule has 1 aromatic carbocycles. The Bertz CT molecular complexity index is 874. The van der Waals surface area contributed by atoms with Crippen molar-refractivity contribution in [2.75, 3.05) is 0 Å². The lowest BCUT2D eigenvalue weighted by Crippen LogP contribution is -2.39. The van der Waals surface area contributed by atoms with Crippen LogP contribution in [0.4, 0.5) is 4.39 Å². The largest absolute Gasteiger partial charge is 0.275 e. The van der Waals surface area contributed by atoms with Crippen LogP contribution in [0.5, 0.6) is 0 Å². The zero-order chi connectivity index (χ0) is 16.1. The molecule has 1 amide bonds. The van der Waals surface area contributed by atoms with Crippen LogP contribution in [0.15, 0.2) is 22.4 Å². The molecule has 1 unspecified atom stereocenters. The van der Waals surface area contributed by atoms with Crippen molar-refractivity contribution in [2.45, 2.75) is 30.4 Å². The molecule has 22 heavy (non-hydrogen) atoms. The number of hydrogen-bond donors (Lipinski definition) is 1. The lowest BCUT2D eigenvalue weighted by Gasteiger charge is -2.28. The second-order valence-corrected chi connectivity index (χ2v) is 8.26. The van der Waals surface area contributed by atoms with Crippen LogP contribution in [-0.4, -0.2) is 19.3 Å². The molecule has 0 bridgehead atoms. The molecule has 5 nitrogen and oxygen atoms in total.